The number of rotatable bonds is 6. The number of esters is 1. The van der Waals surface area contributed by atoms with Crippen LogP contribution in [0.1, 0.15) is 28.4 Å². The molecule has 3 aromatic rings. The molecule has 3 aromatic carbocycles. The van der Waals surface area contributed by atoms with Crippen LogP contribution in [0.15, 0.2) is 72.8 Å². The second-order valence-corrected chi connectivity index (χ2v) is 6.18. The third kappa shape index (κ3) is 5.05. The first kappa shape index (κ1) is 19.8. The molecular weight excluding hydrogens is 373 g/mol. The Morgan fingerprint density at radius 1 is 0.862 bits per heavy atom. The Labute approximate surface area is 166 Å². The second-order valence-electron chi connectivity index (χ2n) is 6.18. The molecule has 0 saturated heterocycles. The van der Waals surface area contributed by atoms with E-state index >= 15 is 0 Å². The van der Waals surface area contributed by atoms with Crippen molar-refractivity contribution < 1.29 is 23.5 Å². The first-order chi connectivity index (χ1) is 14.0. The summed E-state index contributed by atoms with van der Waals surface area (Å²) in [6.45, 7) is 1.55. The molecule has 0 N–H and O–H groups in total. The summed E-state index contributed by atoms with van der Waals surface area (Å²) < 4.78 is 23.8. The maximum absolute atomic E-state index is 13.0. The van der Waals surface area contributed by atoms with Crippen LogP contribution in [0.25, 0.3) is 0 Å². The third-order valence-corrected chi connectivity index (χ3v) is 4.07. The van der Waals surface area contributed by atoms with E-state index in [1.807, 2.05) is 6.07 Å². The quantitative estimate of drug-likeness (QED) is 0.357. The predicted molar refractivity (Wildman–Crippen MR) is 103 cm³/mol. The van der Waals surface area contributed by atoms with Crippen molar-refractivity contribution in [1.82, 2.24) is 0 Å². The van der Waals surface area contributed by atoms with E-state index < -0.39 is 17.9 Å². The SMILES string of the molecule is C[C@@H](Oc1ccc(C#N)cc1)C(=O)Oc1ccc(C(=O)c2ccc(F)cc2)cc1. The molecule has 0 aliphatic rings. The number of ether oxygens (including phenoxy) is 2. The normalized spacial score (nSPS) is 11.2. The molecule has 0 unspecified atom stereocenters. The minimum absolute atomic E-state index is 0.264. The molecule has 29 heavy (non-hydrogen) atoms. The summed E-state index contributed by atoms with van der Waals surface area (Å²) in [5.74, 6) is -0.580. The van der Waals surface area contributed by atoms with Gasteiger partial charge in [0, 0.05) is 11.1 Å². The van der Waals surface area contributed by atoms with Crippen molar-refractivity contribution in [3.63, 3.8) is 0 Å². The number of ketones is 1. The molecule has 0 fully saturated rings. The van der Waals surface area contributed by atoms with Gasteiger partial charge in [-0.05, 0) is 79.7 Å². The first-order valence-corrected chi connectivity index (χ1v) is 8.75. The van der Waals surface area contributed by atoms with Crippen molar-refractivity contribution in [3.05, 3.63) is 95.3 Å². The van der Waals surface area contributed by atoms with Gasteiger partial charge in [-0.15, -0.1) is 0 Å². The lowest BCUT2D eigenvalue weighted by molar-refractivity contribution is -0.141. The number of carbonyl (C=O) groups is 2. The van der Waals surface area contributed by atoms with Gasteiger partial charge < -0.3 is 9.47 Å². The van der Waals surface area contributed by atoms with Gasteiger partial charge in [0.15, 0.2) is 11.9 Å². The Morgan fingerprint density at radius 3 is 1.93 bits per heavy atom. The van der Waals surface area contributed by atoms with Crippen molar-refractivity contribution in [3.8, 4) is 17.6 Å². The van der Waals surface area contributed by atoms with E-state index in [-0.39, 0.29) is 11.5 Å². The maximum atomic E-state index is 13.0. The molecule has 3 rings (SSSR count). The lowest BCUT2D eigenvalue weighted by Crippen LogP contribution is -2.28. The summed E-state index contributed by atoms with van der Waals surface area (Å²) >= 11 is 0. The van der Waals surface area contributed by atoms with Gasteiger partial charge in [0.05, 0.1) is 11.6 Å². The van der Waals surface area contributed by atoms with Crippen LogP contribution < -0.4 is 9.47 Å². The summed E-state index contributed by atoms with van der Waals surface area (Å²) in [4.78, 5) is 24.6. The van der Waals surface area contributed by atoms with E-state index in [9.17, 15) is 14.0 Å². The topological polar surface area (TPSA) is 76.4 Å². The van der Waals surface area contributed by atoms with Gasteiger partial charge >= 0.3 is 5.97 Å². The van der Waals surface area contributed by atoms with Gasteiger partial charge in [-0.3, -0.25) is 4.79 Å². The highest BCUT2D eigenvalue weighted by Crippen LogP contribution is 2.18. The molecule has 5 nitrogen and oxygen atoms in total. The molecule has 0 heterocycles. The lowest BCUT2D eigenvalue weighted by atomic mass is 10.0. The number of carbonyl (C=O) groups excluding carboxylic acids is 2. The molecule has 0 amide bonds. The van der Waals surface area contributed by atoms with E-state index in [0.717, 1.165) is 0 Å². The van der Waals surface area contributed by atoms with Crippen LogP contribution in [0.3, 0.4) is 0 Å². The van der Waals surface area contributed by atoms with E-state index in [0.29, 0.717) is 22.4 Å². The first-order valence-electron chi connectivity index (χ1n) is 8.75. The van der Waals surface area contributed by atoms with Gasteiger partial charge in [0.2, 0.25) is 0 Å². The molecule has 0 aliphatic carbocycles. The zero-order valence-electron chi connectivity index (χ0n) is 15.5. The fourth-order valence-electron chi connectivity index (χ4n) is 2.50. The summed E-state index contributed by atoms with van der Waals surface area (Å²) in [5, 5.41) is 8.79. The standard InChI is InChI=1S/C23H16FNO4/c1-15(28-20-10-2-16(14-25)3-11-20)23(27)29-21-12-6-18(7-13-21)22(26)17-4-8-19(24)9-5-17/h2-13,15H,1H3/t15-/m1/s1. The van der Waals surface area contributed by atoms with Crippen LogP contribution in [0.5, 0.6) is 11.5 Å². The van der Waals surface area contributed by atoms with Crippen molar-refractivity contribution in [2.75, 3.05) is 0 Å². The molecule has 6 heteroatoms. The molecule has 0 aliphatic heterocycles. The van der Waals surface area contributed by atoms with Crippen LogP contribution in [0.4, 0.5) is 4.39 Å². The summed E-state index contributed by atoms with van der Waals surface area (Å²) in [6, 6.07) is 19.7. The molecule has 1 atom stereocenters. The van der Waals surface area contributed by atoms with E-state index in [4.69, 9.17) is 14.7 Å². The Hall–Kier alpha value is -3.98. The molecule has 0 bridgehead atoms. The summed E-state index contributed by atoms with van der Waals surface area (Å²) in [5.41, 5.74) is 1.24. The monoisotopic (exact) mass is 389 g/mol. The van der Waals surface area contributed by atoms with Crippen molar-refractivity contribution in [1.29, 1.82) is 5.26 Å². The average Bonchev–Trinajstić information content (AvgIpc) is 2.75. The Morgan fingerprint density at radius 2 is 1.38 bits per heavy atom. The third-order valence-electron chi connectivity index (χ3n) is 4.07. The number of benzene rings is 3. The Bertz CT molecular complexity index is 1050. The van der Waals surface area contributed by atoms with Gasteiger partial charge in [-0.2, -0.15) is 5.26 Å². The minimum Gasteiger partial charge on any atom is -0.479 e. The Balaban J connectivity index is 1.60. The maximum Gasteiger partial charge on any atom is 0.352 e. The van der Waals surface area contributed by atoms with Crippen LogP contribution in [0, 0.1) is 17.1 Å². The van der Waals surface area contributed by atoms with E-state index in [1.54, 1.807) is 31.2 Å². The zero-order valence-corrected chi connectivity index (χ0v) is 15.5. The molecule has 0 radical (unpaired) electrons. The molecule has 0 spiro atoms. The number of halogens is 1. The number of nitrogens with zero attached hydrogens (tertiary/aromatic N) is 1. The van der Waals surface area contributed by atoms with Gasteiger partial charge in [-0.1, -0.05) is 0 Å². The highest BCUT2D eigenvalue weighted by molar-refractivity contribution is 6.09. The van der Waals surface area contributed by atoms with E-state index in [2.05, 4.69) is 0 Å². The number of hydrogen-bond acceptors (Lipinski definition) is 5. The van der Waals surface area contributed by atoms with Crippen molar-refractivity contribution in [2.24, 2.45) is 0 Å². The van der Waals surface area contributed by atoms with Crippen LogP contribution in [-0.2, 0) is 4.79 Å². The molecule has 0 saturated carbocycles. The summed E-state index contributed by atoms with van der Waals surface area (Å²) in [6.07, 6.45) is -0.872. The highest BCUT2D eigenvalue weighted by Gasteiger charge is 2.18. The highest BCUT2D eigenvalue weighted by atomic mass is 19.1. The zero-order chi connectivity index (χ0) is 20.8. The minimum atomic E-state index is -0.872. The molecule has 0 aromatic heterocycles. The lowest BCUT2D eigenvalue weighted by Gasteiger charge is -2.14. The van der Waals surface area contributed by atoms with Crippen LogP contribution >= 0.6 is 0 Å². The van der Waals surface area contributed by atoms with Gasteiger partial charge in [0.1, 0.15) is 17.3 Å². The summed E-state index contributed by atoms with van der Waals surface area (Å²) in [7, 11) is 0. The van der Waals surface area contributed by atoms with Crippen molar-refractivity contribution in [2.45, 2.75) is 13.0 Å². The number of hydrogen-bond donors (Lipinski definition) is 0. The smallest absolute Gasteiger partial charge is 0.352 e. The fraction of sp³-hybridized carbons (Fsp3) is 0.0870. The predicted octanol–water partition coefficient (Wildman–Crippen LogP) is 4.30. The van der Waals surface area contributed by atoms with Gasteiger partial charge in [-0.25, -0.2) is 9.18 Å². The Kier molecular flexibility index (Phi) is 6.00. The van der Waals surface area contributed by atoms with E-state index in [1.165, 1.54) is 48.5 Å². The average molecular weight is 389 g/mol. The van der Waals surface area contributed by atoms with Gasteiger partial charge in [0.25, 0.3) is 0 Å². The molecule has 144 valence electrons. The van der Waals surface area contributed by atoms with Crippen LogP contribution in [-0.4, -0.2) is 17.9 Å². The largest absolute Gasteiger partial charge is 0.479 e. The van der Waals surface area contributed by atoms with Crippen LogP contribution in [0.2, 0.25) is 0 Å². The second kappa shape index (κ2) is 8.81. The molecular formula is C23H16FNO4. The van der Waals surface area contributed by atoms with Crippen molar-refractivity contribution >= 4 is 11.8 Å². The number of nitriles is 1. The fourth-order valence-corrected chi connectivity index (χ4v) is 2.50.